The Morgan fingerprint density at radius 2 is 2.25 bits per heavy atom. The molecule has 1 aromatic heterocycles. The molecule has 6 nitrogen and oxygen atoms in total. The van der Waals surface area contributed by atoms with E-state index in [1.54, 1.807) is 19.3 Å². The van der Waals surface area contributed by atoms with Crippen molar-refractivity contribution in [2.24, 2.45) is 5.92 Å². The van der Waals surface area contributed by atoms with Crippen LogP contribution < -0.4 is 0 Å². The van der Waals surface area contributed by atoms with Gasteiger partial charge in [-0.3, -0.25) is 4.79 Å². The standard InChI is InChI=1S/C14H20N2O4/c1-3-20-14(19)11(8-9(2)17)12(18)13-15-6-7-16(13)10-4-5-10/h6-7,10-12,18H,3-5,8H2,1-2H3. The molecule has 1 heterocycles. The van der Waals surface area contributed by atoms with Crippen LogP contribution in [0.15, 0.2) is 12.4 Å². The number of Topliss-reactive ketones (excluding diaryl/α,β-unsaturated/α-hetero) is 1. The van der Waals surface area contributed by atoms with Crippen LogP contribution in [0.25, 0.3) is 0 Å². The summed E-state index contributed by atoms with van der Waals surface area (Å²) >= 11 is 0. The first-order valence-corrected chi connectivity index (χ1v) is 6.91. The zero-order valence-corrected chi connectivity index (χ0v) is 11.8. The van der Waals surface area contributed by atoms with E-state index < -0.39 is 18.0 Å². The van der Waals surface area contributed by atoms with Crippen molar-refractivity contribution in [2.45, 2.75) is 45.3 Å². The van der Waals surface area contributed by atoms with Crippen LogP contribution in [-0.4, -0.2) is 33.0 Å². The van der Waals surface area contributed by atoms with Crippen LogP contribution in [0.1, 0.15) is 51.1 Å². The highest BCUT2D eigenvalue weighted by atomic mass is 16.5. The van der Waals surface area contributed by atoms with Gasteiger partial charge in [0.15, 0.2) is 0 Å². The zero-order valence-electron chi connectivity index (χ0n) is 11.8. The molecule has 110 valence electrons. The number of aliphatic hydroxyl groups excluding tert-OH is 1. The summed E-state index contributed by atoms with van der Waals surface area (Å²) in [5, 5.41) is 10.4. The molecule has 0 aliphatic heterocycles. The predicted octanol–water partition coefficient (Wildman–Crippen LogP) is 1.41. The first-order chi connectivity index (χ1) is 9.54. The highest BCUT2D eigenvalue weighted by molar-refractivity contribution is 5.83. The third kappa shape index (κ3) is 3.25. The van der Waals surface area contributed by atoms with E-state index >= 15 is 0 Å². The molecule has 1 fully saturated rings. The number of esters is 1. The molecule has 1 aliphatic rings. The van der Waals surface area contributed by atoms with E-state index in [2.05, 4.69) is 4.98 Å². The van der Waals surface area contributed by atoms with Crippen LogP contribution in [-0.2, 0) is 14.3 Å². The van der Waals surface area contributed by atoms with E-state index in [0.717, 1.165) is 12.8 Å². The maximum Gasteiger partial charge on any atom is 0.312 e. The average Bonchev–Trinajstić information content (AvgIpc) is 3.12. The molecule has 1 aliphatic carbocycles. The number of nitrogens with zero attached hydrogens (tertiary/aromatic N) is 2. The lowest BCUT2D eigenvalue weighted by Gasteiger charge is -2.21. The van der Waals surface area contributed by atoms with E-state index in [-0.39, 0.29) is 18.8 Å². The van der Waals surface area contributed by atoms with Crippen molar-refractivity contribution in [3.8, 4) is 0 Å². The lowest BCUT2D eigenvalue weighted by molar-refractivity contribution is -0.154. The number of ketones is 1. The highest BCUT2D eigenvalue weighted by Crippen LogP contribution is 2.38. The molecule has 20 heavy (non-hydrogen) atoms. The molecular weight excluding hydrogens is 260 g/mol. The second-order valence-corrected chi connectivity index (χ2v) is 5.13. The summed E-state index contributed by atoms with van der Waals surface area (Å²) in [4.78, 5) is 27.4. The quantitative estimate of drug-likeness (QED) is 0.764. The third-order valence-corrected chi connectivity index (χ3v) is 3.38. The van der Waals surface area contributed by atoms with Gasteiger partial charge in [0.1, 0.15) is 17.7 Å². The van der Waals surface area contributed by atoms with E-state index in [9.17, 15) is 14.7 Å². The number of rotatable bonds is 7. The van der Waals surface area contributed by atoms with E-state index in [1.807, 2.05) is 4.57 Å². The van der Waals surface area contributed by atoms with Gasteiger partial charge in [0, 0.05) is 24.9 Å². The summed E-state index contributed by atoms with van der Waals surface area (Å²) < 4.78 is 6.84. The molecule has 2 rings (SSSR count). The zero-order chi connectivity index (χ0) is 14.7. The summed E-state index contributed by atoms with van der Waals surface area (Å²) in [5.41, 5.74) is 0. The van der Waals surface area contributed by atoms with Gasteiger partial charge in [-0.05, 0) is 26.7 Å². The minimum Gasteiger partial charge on any atom is -0.466 e. The van der Waals surface area contributed by atoms with Crippen molar-refractivity contribution >= 4 is 11.8 Å². The molecule has 0 aromatic carbocycles. The smallest absolute Gasteiger partial charge is 0.312 e. The Morgan fingerprint density at radius 1 is 1.55 bits per heavy atom. The van der Waals surface area contributed by atoms with Gasteiger partial charge in [-0.15, -0.1) is 0 Å². The normalized spacial score (nSPS) is 17.6. The van der Waals surface area contributed by atoms with Crippen molar-refractivity contribution in [2.75, 3.05) is 6.61 Å². The van der Waals surface area contributed by atoms with Gasteiger partial charge in [-0.25, -0.2) is 4.98 Å². The van der Waals surface area contributed by atoms with Crippen molar-refractivity contribution in [1.29, 1.82) is 0 Å². The summed E-state index contributed by atoms with van der Waals surface area (Å²) in [6, 6.07) is 0.349. The van der Waals surface area contributed by atoms with Gasteiger partial charge in [0.2, 0.25) is 0 Å². The number of aromatic nitrogens is 2. The Labute approximate surface area is 117 Å². The van der Waals surface area contributed by atoms with Gasteiger partial charge in [-0.2, -0.15) is 0 Å². The van der Waals surface area contributed by atoms with E-state index in [0.29, 0.717) is 11.9 Å². The molecule has 0 saturated heterocycles. The van der Waals surface area contributed by atoms with Crippen molar-refractivity contribution in [3.63, 3.8) is 0 Å². The van der Waals surface area contributed by atoms with Crippen LogP contribution in [0.5, 0.6) is 0 Å². The van der Waals surface area contributed by atoms with Gasteiger partial charge in [-0.1, -0.05) is 0 Å². The van der Waals surface area contributed by atoms with Crippen LogP contribution in [0, 0.1) is 5.92 Å². The number of hydrogen-bond acceptors (Lipinski definition) is 5. The molecule has 2 atom stereocenters. The van der Waals surface area contributed by atoms with Crippen LogP contribution in [0.3, 0.4) is 0 Å². The monoisotopic (exact) mass is 280 g/mol. The first-order valence-electron chi connectivity index (χ1n) is 6.91. The summed E-state index contributed by atoms with van der Waals surface area (Å²) in [7, 11) is 0. The lowest BCUT2D eigenvalue weighted by atomic mass is 9.96. The molecule has 2 unspecified atom stereocenters. The summed E-state index contributed by atoms with van der Waals surface area (Å²) in [6.07, 6.45) is 4.34. The minimum absolute atomic E-state index is 0.0441. The topological polar surface area (TPSA) is 81.4 Å². The molecule has 0 radical (unpaired) electrons. The lowest BCUT2D eigenvalue weighted by Crippen LogP contribution is -2.28. The first kappa shape index (κ1) is 14.7. The number of carbonyl (C=O) groups excluding carboxylic acids is 2. The largest absolute Gasteiger partial charge is 0.466 e. The maximum absolute atomic E-state index is 11.9. The number of ether oxygens (including phenoxy) is 1. The Hall–Kier alpha value is -1.69. The Bertz CT molecular complexity index is 493. The number of imidazole rings is 1. The number of hydrogen-bond donors (Lipinski definition) is 1. The van der Waals surface area contributed by atoms with Crippen LogP contribution in [0.4, 0.5) is 0 Å². The van der Waals surface area contributed by atoms with Crippen molar-refractivity contribution in [3.05, 3.63) is 18.2 Å². The fourth-order valence-corrected chi connectivity index (χ4v) is 2.28. The average molecular weight is 280 g/mol. The Balaban J connectivity index is 2.20. The third-order valence-electron chi connectivity index (χ3n) is 3.38. The summed E-state index contributed by atoms with van der Waals surface area (Å²) in [5.74, 6) is -1.17. The fraction of sp³-hybridized carbons (Fsp3) is 0.643. The molecule has 0 amide bonds. The van der Waals surface area contributed by atoms with Crippen LogP contribution in [0.2, 0.25) is 0 Å². The molecule has 6 heteroatoms. The fourth-order valence-electron chi connectivity index (χ4n) is 2.28. The molecule has 0 bridgehead atoms. The molecule has 1 N–H and O–H groups in total. The second kappa shape index (κ2) is 6.17. The van der Waals surface area contributed by atoms with E-state index in [1.165, 1.54) is 6.92 Å². The SMILES string of the molecule is CCOC(=O)C(CC(C)=O)C(O)c1nccn1C1CC1. The predicted molar refractivity (Wildman–Crippen MR) is 70.9 cm³/mol. The van der Waals surface area contributed by atoms with Gasteiger partial charge in [0.25, 0.3) is 0 Å². The molecule has 1 aromatic rings. The highest BCUT2D eigenvalue weighted by Gasteiger charge is 2.35. The molecule has 0 spiro atoms. The van der Waals surface area contributed by atoms with Gasteiger partial charge < -0.3 is 19.2 Å². The number of carbonyl (C=O) groups is 2. The van der Waals surface area contributed by atoms with Crippen molar-refractivity contribution in [1.82, 2.24) is 9.55 Å². The molecule has 1 saturated carbocycles. The van der Waals surface area contributed by atoms with E-state index in [4.69, 9.17) is 4.74 Å². The van der Waals surface area contributed by atoms with Crippen molar-refractivity contribution < 1.29 is 19.4 Å². The maximum atomic E-state index is 11.9. The van der Waals surface area contributed by atoms with Crippen LogP contribution >= 0.6 is 0 Å². The Morgan fingerprint density at radius 3 is 2.80 bits per heavy atom. The molecular formula is C14H20N2O4. The number of aliphatic hydroxyl groups is 1. The summed E-state index contributed by atoms with van der Waals surface area (Å²) in [6.45, 7) is 3.31. The Kier molecular flexibility index (Phi) is 4.54. The van der Waals surface area contributed by atoms with Gasteiger partial charge in [0.05, 0.1) is 12.5 Å². The van der Waals surface area contributed by atoms with Gasteiger partial charge >= 0.3 is 5.97 Å². The minimum atomic E-state index is -1.12. The second-order valence-electron chi connectivity index (χ2n) is 5.13.